The molecule has 0 fully saturated rings. The summed E-state index contributed by atoms with van der Waals surface area (Å²) in [5.41, 5.74) is 11.4. The normalized spacial score (nSPS) is 10.3. The zero-order valence-corrected chi connectivity index (χ0v) is 18.1. The zero-order valence-electron chi connectivity index (χ0n) is 18.1. The van der Waals surface area contributed by atoms with E-state index in [-0.39, 0.29) is 11.8 Å². The number of ether oxygens (including phenoxy) is 1. The van der Waals surface area contributed by atoms with E-state index in [9.17, 15) is 0 Å². The van der Waals surface area contributed by atoms with Crippen LogP contribution >= 0.6 is 0 Å². The molecule has 1 aromatic carbocycles. The van der Waals surface area contributed by atoms with Gasteiger partial charge in [0, 0.05) is 32.2 Å². The molecule has 30 heavy (non-hydrogen) atoms. The standard InChI is InChI=1S/C21H38N8O/c1-29(15-8-16-30-18-11-9-17(10-12-18)19(22)23)21(26)28-14-7-5-3-2-4-6-13-27-20(24)25/h9-12H,2-8,13-16H2,1H3,(H3,22,23)(H2,26,28)(H4,24,25,27). The molecule has 168 valence electrons. The molecule has 0 spiro atoms. The number of rotatable bonds is 15. The third-order valence-corrected chi connectivity index (χ3v) is 4.67. The Morgan fingerprint density at radius 2 is 1.43 bits per heavy atom. The minimum absolute atomic E-state index is 0.0430. The van der Waals surface area contributed by atoms with E-state index in [1.807, 2.05) is 24.1 Å². The molecule has 0 saturated heterocycles. The van der Waals surface area contributed by atoms with Crippen molar-refractivity contribution in [2.75, 3.05) is 33.3 Å². The summed E-state index contributed by atoms with van der Waals surface area (Å²) in [6, 6.07) is 7.17. The van der Waals surface area contributed by atoms with Crippen molar-refractivity contribution < 1.29 is 4.74 Å². The third-order valence-electron chi connectivity index (χ3n) is 4.67. The molecule has 0 amide bonds. The molecule has 9 N–H and O–H groups in total. The van der Waals surface area contributed by atoms with Crippen LogP contribution in [0, 0.1) is 16.2 Å². The maximum atomic E-state index is 8.09. The first-order valence-electron chi connectivity index (χ1n) is 10.6. The second kappa shape index (κ2) is 14.9. The Kier molecular flexibility index (Phi) is 12.5. The maximum absolute atomic E-state index is 8.09. The average molecular weight is 419 g/mol. The van der Waals surface area contributed by atoms with Crippen molar-refractivity contribution in [3.8, 4) is 5.75 Å². The van der Waals surface area contributed by atoms with Gasteiger partial charge in [-0.05, 0) is 43.5 Å². The number of nitrogen functional groups attached to an aromatic ring is 1. The van der Waals surface area contributed by atoms with Crippen molar-refractivity contribution in [3.63, 3.8) is 0 Å². The lowest BCUT2D eigenvalue weighted by Crippen LogP contribution is -2.39. The SMILES string of the molecule is CN(CCCOc1ccc(C(=N)N)cc1)C(=N)NCCCCCCCCNC(=N)N. The lowest BCUT2D eigenvalue weighted by atomic mass is 10.1. The second-order valence-corrected chi connectivity index (χ2v) is 7.30. The largest absolute Gasteiger partial charge is 0.494 e. The van der Waals surface area contributed by atoms with E-state index < -0.39 is 0 Å². The summed E-state index contributed by atoms with van der Waals surface area (Å²) in [4.78, 5) is 1.89. The summed E-state index contributed by atoms with van der Waals surface area (Å²) < 4.78 is 5.69. The number of unbranched alkanes of at least 4 members (excludes halogenated alkanes) is 5. The summed E-state index contributed by atoms with van der Waals surface area (Å²) >= 11 is 0. The van der Waals surface area contributed by atoms with Crippen molar-refractivity contribution >= 4 is 17.8 Å². The number of hydrogen-bond acceptors (Lipinski definition) is 4. The predicted octanol–water partition coefficient (Wildman–Crippen LogP) is 2.02. The van der Waals surface area contributed by atoms with Gasteiger partial charge < -0.3 is 31.7 Å². The lowest BCUT2D eigenvalue weighted by molar-refractivity contribution is 0.293. The molecule has 0 atom stereocenters. The average Bonchev–Trinajstić information content (AvgIpc) is 2.72. The molecule has 0 aliphatic carbocycles. The van der Waals surface area contributed by atoms with E-state index in [0.29, 0.717) is 18.1 Å². The van der Waals surface area contributed by atoms with Gasteiger partial charge >= 0.3 is 0 Å². The van der Waals surface area contributed by atoms with Crippen LogP contribution in [0.15, 0.2) is 24.3 Å². The predicted molar refractivity (Wildman–Crippen MR) is 124 cm³/mol. The molecular weight excluding hydrogens is 380 g/mol. The highest BCUT2D eigenvalue weighted by Gasteiger charge is 2.04. The fourth-order valence-corrected chi connectivity index (χ4v) is 2.86. The van der Waals surface area contributed by atoms with Crippen LogP contribution in [0.4, 0.5) is 0 Å². The smallest absolute Gasteiger partial charge is 0.190 e. The summed E-state index contributed by atoms with van der Waals surface area (Å²) in [5.74, 6) is 1.29. The molecule has 0 radical (unpaired) electrons. The minimum atomic E-state index is 0.0430. The number of nitrogens with two attached hydrogens (primary N) is 2. The first kappa shape index (κ1) is 25.1. The van der Waals surface area contributed by atoms with Gasteiger partial charge in [-0.15, -0.1) is 0 Å². The highest BCUT2D eigenvalue weighted by molar-refractivity contribution is 5.94. The minimum Gasteiger partial charge on any atom is -0.494 e. The number of amidine groups is 1. The van der Waals surface area contributed by atoms with Crippen molar-refractivity contribution in [1.82, 2.24) is 15.5 Å². The van der Waals surface area contributed by atoms with E-state index in [2.05, 4.69) is 10.6 Å². The summed E-state index contributed by atoms with van der Waals surface area (Å²) in [7, 11) is 1.91. The fraction of sp³-hybridized carbons (Fsp3) is 0.571. The van der Waals surface area contributed by atoms with Crippen LogP contribution in [0.2, 0.25) is 0 Å². The number of guanidine groups is 2. The van der Waals surface area contributed by atoms with E-state index in [1.54, 1.807) is 12.1 Å². The van der Waals surface area contributed by atoms with Crippen LogP contribution in [0.25, 0.3) is 0 Å². The van der Waals surface area contributed by atoms with Crippen LogP contribution in [-0.4, -0.2) is 55.9 Å². The Balaban J connectivity index is 1.99. The fourth-order valence-electron chi connectivity index (χ4n) is 2.86. The van der Waals surface area contributed by atoms with Gasteiger partial charge in [0.25, 0.3) is 0 Å². The Morgan fingerprint density at radius 3 is 2.00 bits per heavy atom. The molecule has 9 nitrogen and oxygen atoms in total. The molecule has 0 bridgehead atoms. The number of benzene rings is 1. The topological polar surface area (TPSA) is 160 Å². The van der Waals surface area contributed by atoms with Crippen molar-refractivity contribution in [1.29, 1.82) is 16.2 Å². The molecule has 0 aromatic heterocycles. The van der Waals surface area contributed by atoms with Gasteiger partial charge in [0.1, 0.15) is 11.6 Å². The highest BCUT2D eigenvalue weighted by atomic mass is 16.5. The van der Waals surface area contributed by atoms with Crippen molar-refractivity contribution in [3.05, 3.63) is 29.8 Å². The van der Waals surface area contributed by atoms with Crippen LogP contribution in [0.1, 0.15) is 50.5 Å². The van der Waals surface area contributed by atoms with Crippen molar-refractivity contribution in [2.24, 2.45) is 11.5 Å². The Labute approximate surface area is 180 Å². The van der Waals surface area contributed by atoms with E-state index in [4.69, 9.17) is 32.4 Å². The molecule has 0 saturated carbocycles. The van der Waals surface area contributed by atoms with Gasteiger partial charge in [-0.25, -0.2) is 0 Å². The van der Waals surface area contributed by atoms with Crippen LogP contribution in [0.5, 0.6) is 5.75 Å². The molecule has 0 unspecified atom stereocenters. The van der Waals surface area contributed by atoms with Gasteiger partial charge in [0.05, 0.1) is 6.61 Å². The molecule has 0 aliphatic rings. The third kappa shape index (κ3) is 11.8. The van der Waals surface area contributed by atoms with E-state index >= 15 is 0 Å². The number of nitrogens with one attached hydrogen (secondary N) is 5. The molecule has 1 rings (SSSR count). The molecule has 1 aromatic rings. The van der Waals surface area contributed by atoms with E-state index in [1.165, 1.54) is 12.8 Å². The molecule has 9 heteroatoms. The summed E-state index contributed by atoms with van der Waals surface area (Å²) in [6.45, 7) is 2.90. The van der Waals surface area contributed by atoms with Gasteiger partial charge in [0.2, 0.25) is 0 Å². The summed E-state index contributed by atoms with van der Waals surface area (Å²) in [6.07, 6.45) is 7.59. The molecular formula is C21H38N8O. The molecule has 0 heterocycles. The van der Waals surface area contributed by atoms with Gasteiger partial charge in [-0.2, -0.15) is 0 Å². The van der Waals surface area contributed by atoms with Gasteiger partial charge in [0.15, 0.2) is 11.9 Å². The van der Waals surface area contributed by atoms with Crippen LogP contribution in [0.3, 0.4) is 0 Å². The monoisotopic (exact) mass is 418 g/mol. The molecule has 0 aliphatic heterocycles. The Hall–Kier alpha value is -2.97. The van der Waals surface area contributed by atoms with E-state index in [0.717, 1.165) is 57.5 Å². The van der Waals surface area contributed by atoms with Gasteiger partial charge in [-0.3, -0.25) is 16.2 Å². The lowest BCUT2D eigenvalue weighted by Gasteiger charge is -2.21. The first-order chi connectivity index (χ1) is 14.4. The summed E-state index contributed by atoms with van der Waals surface area (Å²) in [5, 5.41) is 28.5. The Bertz CT molecular complexity index is 647. The number of hydrogen-bond donors (Lipinski definition) is 7. The maximum Gasteiger partial charge on any atom is 0.190 e. The van der Waals surface area contributed by atoms with Crippen LogP contribution < -0.4 is 26.8 Å². The van der Waals surface area contributed by atoms with Crippen molar-refractivity contribution in [2.45, 2.75) is 44.9 Å². The quantitative estimate of drug-likeness (QED) is 0.131. The zero-order chi connectivity index (χ0) is 22.2. The number of nitrogens with zero attached hydrogens (tertiary/aromatic N) is 1. The second-order valence-electron chi connectivity index (χ2n) is 7.30. The Morgan fingerprint density at radius 1 is 0.867 bits per heavy atom. The van der Waals surface area contributed by atoms with Crippen LogP contribution in [-0.2, 0) is 0 Å². The highest BCUT2D eigenvalue weighted by Crippen LogP contribution is 2.12. The van der Waals surface area contributed by atoms with Gasteiger partial charge in [-0.1, -0.05) is 25.7 Å². The first-order valence-corrected chi connectivity index (χ1v) is 10.6.